The topological polar surface area (TPSA) is 41.5 Å². The molecule has 0 aromatic heterocycles. The SMILES string of the molecule is O=C(C#Cc1ccccc1)NC1=NCCS1. The highest BCUT2D eigenvalue weighted by molar-refractivity contribution is 8.14. The molecule has 1 heterocycles. The second kappa shape index (κ2) is 5.38. The van der Waals surface area contributed by atoms with E-state index in [0.29, 0.717) is 5.17 Å². The molecule has 16 heavy (non-hydrogen) atoms. The van der Waals surface area contributed by atoms with E-state index in [4.69, 9.17) is 0 Å². The number of benzene rings is 1. The molecule has 0 aliphatic carbocycles. The first-order chi connectivity index (χ1) is 7.84. The van der Waals surface area contributed by atoms with Crippen molar-refractivity contribution < 1.29 is 4.79 Å². The van der Waals surface area contributed by atoms with Crippen molar-refractivity contribution in [1.29, 1.82) is 0 Å². The molecular formula is C12H10N2OS. The third kappa shape index (κ3) is 3.14. The standard InChI is InChI=1S/C12H10N2OS/c15-11(14-12-13-8-9-16-12)7-6-10-4-2-1-3-5-10/h1-5H,8-9H2,(H,13,14,15). The normalized spacial score (nSPS) is 13.6. The van der Waals surface area contributed by atoms with Gasteiger partial charge < -0.3 is 0 Å². The Morgan fingerprint density at radius 2 is 2.19 bits per heavy atom. The molecule has 3 nitrogen and oxygen atoms in total. The van der Waals surface area contributed by atoms with Crippen LogP contribution >= 0.6 is 11.8 Å². The molecule has 1 aliphatic rings. The van der Waals surface area contributed by atoms with Crippen molar-refractivity contribution in [2.75, 3.05) is 12.3 Å². The second-order valence-electron chi connectivity index (χ2n) is 3.11. The molecule has 2 rings (SSSR count). The lowest BCUT2D eigenvalue weighted by Gasteiger charge is -1.96. The van der Waals surface area contributed by atoms with Crippen LogP contribution in [0.1, 0.15) is 5.56 Å². The van der Waals surface area contributed by atoms with E-state index in [1.165, 1.54) is 0 Å². The summed E-state index contributed by atoms with van der Waals surface area (Å²) in [6.45, 7) is 0.770. The molecule has 0 unspecified atom stereocenters. The fourth-order valence-electron chi connectivity index (χ4n) is 1.19. The zero-order valence-electron chi connectivity index (χ0n) is 8.56. The summed E-state index contributed by atoms with van der Waals surface area (Å²) in [5.74, 6) is 5.95. The Morgan fingerprint density at radius 1 is 1.38 bits per heavy atom. The number of amides is 1. The number of carbonyl (C=O) groups is 1. The second-order valence-corrected chi connectivity index (χ2v) is 4.19. The molecule has 1 amide bonds. The Morgan fingerprint density at radius 3 is 2.88 bits per heavy atom. The van der Waals surface area contributed by atoms with Gasteiger partial charge in [-0.15, -0.1) is 0 Å². The average Bonchev–Trinajstić information content (AvgIpc) is 2.81. The number of nitrogens with zero attached hydrogens (tertiary/aromatic N) is 1. The van der Waals surface area contributed by atoms with E-state index in [9.17, 15) is 4.79 Å². The van der Waals surface area contributed by atoms with Crippen LogP contribution in [0.3, 0.4) is 0 Å². The first-order valence-corrected chi connectivity index (χ1v) is 5.88. The van der Waals surface area contributed by atoms with Gasteiger partial charge in [-0.1, -0.05) is 35.9 Å². The summed E-state index contributed by atoms with van der Waals surface area (Å²) in [5.41, 5.74) is 0.832. The number of amidine groups is 1. The summed E-state index contributed by atoms with van der Waals surface area (Å²) in [7, 11) is 0. The molecule has 0 fully saturated rings. The molecule has 80 valence electrons. The molecule has 1 N–H and O–H groups in total. The summed E-state index contributed by atoms with van der Waals surface area (Å²) < 4.78 is 0. The monoisotopic (exact) mass is 230 g/mol. The van der Waals surface area contributed by atoms with Crippen molar-refractivity contribution in [2.45, 2.75) is 0 Å². The molecule has 0 atom stereocenters. The molecule has 1 aromatic rings. The van der Waals surface area contributed by atoms with Crippen molar-refractivity contribution >= 4 is 22.8 Å². The van der Waals surface area contributed by atoms with E-state index >= 15 is 0 Å². The fourth-order valence-corrected chi connectivity index (χ4v) is 1.91. The minimum Gasteiger partial charge on any atom is -0.294 e. The van der Waals surface area contributed by atoms with E-state index in [1.807, 2.05) is 30.3 Å². The molecule has 0 spiro atoms. The predicted octanol–water partition coefficient (Wildman–Crippen LogP) is 1.26. The fraction of sp³-hybridized carbons (Fsp3) is 0.167. The number of aliphatic imine (C=N–C) groups is 1. The van der Waals surface area contributed by atoms with Crippen molar-refractivity contribution in [3.05, 3.63) is 35.9 Å². The van der Waals surface area contributed by atoms with Crippen molar-refractivity contribution in [2.24, 2.45) is 4.99 Å². The van der Waals surface area contributed by atoms with Crippen LogP contribution in [0.15, 0.2) is 35.3 Å². The highest BCUT2D eigenvalue weighted by atomic mass is 32.2. The smallest absolute Gasteiger partial charge is 0.294 e. The zero-order valence-corrected chi connectivity index (χ0v) is 9.38. The van der Waals surface area contributed by atoms with Crippen molar-refractivity contribution in [1.82, 2.24) is 5.32 Å². The predicted molar refractivity (Wildman–Crippen MR) is 66.2 cm³/mol. The first-order valence-electron chi connectivity index (χ1n) is 4.90. The van der Waals surface area contributed by atoms with E-state index in [0.717, 1.165) is 17.9 Å². The van der Waals surface area contributed by atoms with Gasteiger partial charge in [0.15, 0.2) is 5.17 Å². The third-order valence-corrected chi connectivity index (χ3v) is 2.79. The Balaban J connectivity index is 1.95. The van der Waals surface area contributed by atoms with E-state index in [1.54, 1.807) is 11.8 Å². The minimum atomic E-state index is -0.308. The van der Waals surface area contributed by atoms with Gasteiger partial charge in [-0.2, -0.15) is 0 Å². The Kier molecular flexibility index (Phi) is 3.62. The number of rotatable bonds is 0. The van der Waals surface area contributed by atoms with E-state index < -0.39 is 0 Å². The minimum absolute atomic E-state index is 0.308. The van der Waals surface area contributed by atoms with Gasteiger partial charge in [0, 0.05) is 17.2 Å². The van der Waals surface area contributed by atoms with Crippen LogP contribution < -0.4 is 5.32 Å². The lowest BCUT2D eigenvalue weighted by atomic mass is 10.2. The Hall–Kier alpha value is -1.73. The Bertz CT molecular complexity index is 471. The van der Waals surface area contributed by atoms with Crippen LogP contribution in [0.4, 0.5) is 0 Å². The Labute approximate surface area is 98.3 Å². The molecule has 0 saturated carbocycles. The van der Waals surface area contributed by atoms with Gasteiger partial charge in [0.05, 0.1) is 6.54 Å². The van der Waals surface area contributed by atoms with Gasteiger partial charge in [0.25, 0.3) is 0 Å². The maximum atomic E-state index is 11.4. The maximum absolute atomic E-state index is 11.4. The number of hydrogen-bond donors (Lipinski definition) is 1. The van der Waals surface area contributed by atoms with E-state index in [2.05, 4.69) is 22.2 Å². The molecule has 0 saturated heterocycles. The van der Waals surface area contributed by atoms with Crippen molar-refractivity contribution in [3.8, 4) is 11.8 Å². The van der Waals surface area contributed by atoms with E-state index in [-0.39, 0.29) is 5.91 Å². The van der Waals surface area contributed by atoms with Crippen LogP contribution in [0.2, 0.25) is 0 Å². The molecular weight excluding hydrogens is 220 g/mol. The van der Waals surface area contributed by atoms with Gasteiger partial charge in [-0.05, 0) is 12.1 Å². The average molecular weight is 230 g/mol. The highest BCUT2D eigenvalue weighted by Crippen LogP contribution is 2.08. The lowest BCUT2D eigenvalue weighted by Crippen LogP contribution is -2.25. The van der Waals surface area contributed by atoms with Gasteiger partial charge in [0.2, 0.25) is 0 Å². The number of thioether (sulfide) groups is 1. The van der Waals surface area contributed by atoms with Gasteiger partial charge in [-0.25, -0.2) is 0 Å². The van der Waals surface area contributed by atoms with Crippen LogP contribution in [0.25, 0.3) is 0 Å². The lowest BCUT2D eigenvalue weighted by molar-refractivity contribution is -0.114. The maximum Gasteiger partial charge on any atom is 0.302 e. The largest absolute Gasteiger partial charge is 0.302 e. The summed E-state index contributed by atoms with van der Waals surface area (Å²) >= 11 is 1.54. The number of hydrogen-bond acceptors (Lipinski definition) is 3. The summed E-state index contributed by atoms with van der Waals surface area (Å²) in [5, 5.41) is 3.32. The van der Waals surface area contributed by atoms with Crippen molar-refractivity contribution in [3.63, 3.8) is 0 Å². The number of carbonyl (C=O) groups excluding carboxylic acids is 1. The summed E-state index contributed by atoms with van der Waals surface area (Å²) in [6, 6.07) is 9.41. The van der Waals surface area contributed by atoms with Gasteiger partial charge in [-0.3, -0.25) is 15.1 Å². The number of nitrogens with one attached hydrogen (secondary N) is 1. The highest BCUT2D eigenvalue weighted by Gasteiger charge is 2.08. The molecule has 4 heteroatoms. The first kappa shape index (κ1) is 10.8. The van der Waals surface area contributed by atoms with Gasteiger partial charge in [0.1, 0.15) is 0 Å². The summed E-state index contributed by atoms with van der Waals surface area (Å²) in [4.78, 5) is 15.5. The van der Waals surface area contributed by atoms with Crippen LogP contribution in [-0.4, -0.2) is 23.4 Å². The molecule has 1 aliphatic heterocycles. The molecule has 0 bridgehead atoms. The zero-order chi connectivity index (χ0) is 11.2. The van der Waals surface area contributed by atoms with Gasteiger partial charge >= 0.3 is 5.91 Å². The summed E-state index contributed by atoms with van der Waals surface area (Å²) in [6.07, 6.45) is 0. The van der Waals surface area contributed by atoms with Crippen LogP contribution in [0.5, 0.6) is 0 Å². The third-order valence-electron chi connectivity index (χ3n) is 1.90. The molecule has 1 aromatic carbocycles. The van der Waals surface area contributed by atoms with Crippen LogP contribution in [-0.2, 0) is 4.79 Å². The molecule has 0 radical (unpaired) electrons. The van der Waals surface area contributed by atoms with Crippen LogP contribution in [0, 0.1) is 11.8 Å². The quantitative estimate of drug-likeness (QED) is 0.682.